The van der Waals surface area contributed by atoms with E-state index in [1.165, 1.54) is 18.2 Å². The fourth-order valence-electron chi connectivity index (χ4n) is 2.67. The van der Waals surface area contributed by atoms with Gasteiger partial charge in [0, 0.05) is 12.1 Å². The van der Waals surface area contributed by atoms with E-state index in [1.807, 2.05) is 6.07 Å². The Bertz CT molecular complexity index is 827. The van der Waals surface area contributed by atoms with Gasteiger partial charge in [0.15, 0.2) is 0 Å². The summed E-state index contributed by atoms with van der Waals surface area (Å²) in [5.74, 6) is -3.43. The number of benzene rings is 2. The smallest absolute Gasteiger partial charge is 0.475 e. The van der Waals surface area contributed by atoms with Crippen molar-refractivity contribution in [1.82, 2.24) is 10.6 Å². The molecule has 1 unspecified atom stereocenters. The van der Waals surface area contributed by atoms with Gasteiger partial charge in [-0.05, 0) is 42.8 Å². The summed E-state index contributed by atoms with van der Waals surface area (Å²) >= 11 is 0. The van der Waals surface area contributed by atoms with Gasteiger partial charge in [0.1, 0.15) is 11.3 Å². The van der Waals surface area contributed by atoms with Crippen LogP contribution in [0.2, 0.25) is 0 Å². The monoisotopic (exact) mass is 372 g/mol. The first-order valence-electron chi connectivity index (χ1n) is 8.28. The molecular weight excluding hydrogens is 351 g/mol. The lowest BCUT2D eigenvalue weighted by atomic mass is 9.75. The van der Waals surface area contributed by atoms with E-state index in [0.29, 0.717) is 12.1 Å². The molecular formula is C18H21BN2O6. The van der Waals surface area contributed by atoms with Crippen LogP contribution in [0.5, 0.6) is 5.75 Å². The molecule has 1 atom stereocenters. The van der Waals surface area contributed by atoms with Crippen LogP contribution in [0, 0.1) is 0 Å². The first kappa shape index (κ1) is 20.4. The van der Waals surface area contributed by atoms with E-state index in [2.05, 4.69) is 10.6 Å². The number of amides is 1. The summed E-state index contributed by atoms with van der Waals surface area (Å²) in [6.45, 7) is 0.572. The molecule has 0 aliphatic heterocycles. The summed E-state index contributed by atoms with van der Waals surface area (Å²) in [5.41, 5.74) is 1.11. The van der Waals surface area contributed by atoms with E-state index < -0.39 is 30.7 Å². The average Bonchev–Trinajstić information content (AvgIpc) is 2.62. The van der Waals surface area contributed by atoms with Gasteiger partial charge in [-0.3, -0.25) is 4.79 Å². The molecule has 2 aromatic carbocycles. The average molecular weight is 372 g/mol. The number of carbonyl (C=O) groups excluding carboxylic acids is 1. The Morgan fingerprint density at radius 2 is 1.85 bits per heavy atom. The second kappa shape index (κ2) is 9.18. The molecule has 1 amide bonds. The van der Waals surface area contributed by atoms with Crippen molar-refractivity contribution in [1.29, 1.82) is 0 Å². The molecule has 0 spiro atoms. The molecule has 0 saturated carbocycles. The maximum absolute atomic E-state index is 12.5. The molecule has 0 radical (unpaired) electrons. The summed E-state index contributed by atoms with van der Waals surface area (Å²) in [7, 11) is -0.120. The number of aromatic hydroxyl groups is 1. The molecule has 0 aromatic heterocycles. The Kier molecular flexibility index (Phi) is 6.94. The van der Waals surface area contributed by atoms with Crippen molar-refractivity contribution < 1.29 is 29.9 Å². The maximum Gasteiger partial charge on any atom is 0.475 e. The molecule has 6 N–H and O–H groups in total. The van der Waals surface area contributed by atoms with Gasteiger partial charge in [-0.25, -0.2) is 4.79 Å². The second-order valence-corrected chi connectivity index (χ2v) is 6.05. The van der Waals surface area contributed by atoms with Crippen molar-refractivity contribution in [3.8, 4) is 5.75 Å². The summed E-state index contributed by atoms with van der Waals surface area (Å²) in [6.07, 6.45) is -0.160. The van der Waals surface area contributed by atoms with Crippen molar-refractivity contribution in [2.24, 2.45) is 0 Å². The fraction of sp³-hybridized carbons (Fsp3) is 0.222. The number of hydrogen-bond donors (Lipinski definition) is 6. The Morgan fingerprint density at radius 1 is 1.15 bits per heavy atom. The van der Waals surface area contributed by atoms with Crippen LogP contribution in [0.1, 0.15) is 31.8 Å². The summed E-state index contributed by atoms with van der Waals surface area (Å²) in [6, 6.07) is 11.0. The molecule has 0 bridgehead atoms. The van der Waals surface area contributed by atoms with Crippen LogP contribution >= 0.6 is 0 Å². The van der Waals surface area contributed by atoms with Gasteiger partial charge in [-0.2, -0.15) is 0 Å². The highest BCUT2D eigenvalue weighted by atomic mass is 16.4. The van der Waals surface area contributed by atoms with E-state index in [9.17, 15) is 24.7 Å². The third-order valence-electron chi connectivity index (χ3n) is 4.04. The van der Waals surface area contributed by atoms with Crippen LogP contribution in [-0.2, 0) is 13.0 Å². The van der Waals surface area contributed by atoms with E-state index >= 15 is 0 Å². The highest BCUT2D eigenvalue weighted by Gasteiger charge is 2.28. The molecule has 0 fully saturated rings. The lowest BCUT2D eigenvalue weighted by Crippen LogP contribution is -2.48. The van der Waals surface area contributed by atoms with Crippen LogP contribution in [0.3, 0.4) is 0 Å². The summed E-state index contributed by atoms with van der Waals surface area (Å²) < 4.78 is 0. The number of hydrogen-bond acceptors (Lipinski definition) is 6. The van der Waals surface area contributed by atoms with E-state index in [1.54, 1.807) is 25.2 Å². The van der Waals surface area contributed by atoms with Gasteiger partial charge in [-0.1, -0.05) is 24.3 Å². The van der Waals surface area contributed by atoms with Gasteiger partial charge in [0.2, 0.25) is 0 Å². The molecule has 0 saturated heterocycles. The Balaban J connectivity index is 2.19. The number of carbonyl (C=O) groups is 2. The Hall–Kier alpha value is -2.88. The molecule has 2 aromatic rings. The van der Waals surface area contributed by atoms with Crippen LogP contribution in [0.4, 0.5) is 0 Å². The van der Waals surface area contributed by atoms with Crippen LogP contribution in [0.15, 0.2) is 42.5 Å². The quantitative estimate of drug-likeness (QED) is 0.363. The highest BCUT2D eigenvalue weighted by Crippen LogP contribution is 2.24. The number of rotatable bonds is 8. The van der Waals surface area contributed by atoms with E-state index in [0.717, 1.165) is 5.56 Å². The number of para-hydroxylation sites is 1. The minimum Gasteiger partial charge on any atom is -0.507 e. The lowest BCUT2D eigenvalue weighted by molar-refractivity contribution is 0.0693. The molecule has 0 heterocycles. The normalized spacial score (nSPS) is 11.7. The summed E-state index contributed by atoms with van der Waals surface area (Å²) in [4.78, 5) is 23.6. The molecule has 0 aliphatic carbocycles. The van der Waals surface area contributed by atoms with Crippen LogP contribution < -0.4 is 10.6 Å². The van der Waals surface area contributed by atoms with Gasteiger partial charge in [0.25, 0.3) is 5.91 Å². The highest BCUT2D eigenvalue weighted by molar-refractivity contribution is 6.43. The SMILES string of the molecule is CNCc1cccc(C(=O)NC(Cc2cccc(C(=O)O)c2O)B(O)O)c1. The number of carboxylic acid groups (broad SMARTS) is 1. The largest absolute Gasteiger partial charge is 0.507 e. The second-order valence-electron chi connectivity index (χ2n) is 6.05. The number of phenols is 1. The molecule has 9 heteroatoms. The zero-order valence-electron chi connectivity index (χ0n) is 14.7. The van der Waals surface area contributed by atoms with Gasteiger partial charge in [0.05, 0.1) is 5.94 Å². The molecule has 27 heavy (non-hydrogen) atoms. The minimum atomic E-state index is -1.90. The Morgan fingerprint density at radius 3 is 2.48 bits per heavy atom. The van der Waals surface area contributed by atoms with Gasteiger partial charge in [-0.15, -0.1) is 0 Å². The van der Waals surface area contributed by atoms with E-state index in [-0.39, 0.29) is 17.5 Å². The zero-order chi connectivity index (χ0) is 20.0. The predicted molar refractivity (Wildman–Crippen MR) is 99.4 cm³/mol. The molecule has 0 aliphatic rings. The van der Waals surface area contributed by atoms with Crippen molar-refractivity contribution in [2.45, 2.75) is 18.9 Å². The Labute approximate surface area is 156 Å². The lowest BCUT2D eigenvalue weighted by Gasteiger charge is -2.19. The van der Waals surface area contributed by atoms with Crippen molar-refractivity contribution in [3.05, 3.63) is 64.7 Å². The summed E-state index contributed by atoms with van der Waals surface area (Å²) in [5, 5.41) is 43.8. The van der Waals surface area contributed by atoms with Gasteiger partial charge < -0.3 is 30.9 Å². The number of aromatic carboxylic acids is 1. The minimum absolute atomic E-state index is 0.160. The topological polar surface area (TPSA) is 139 Å². The number of nitrogens with one attached hydrogen (secondary N) is 2. The number of carboxylic acids is 1. The van der Waals surface area contributed by atoms with Crippen molar-refractivity contribution in [2.75, 3.05) is 7.05 Å². The maximum atomic E-state index is 12.5. The molecule has 8 nitrogen and oxygen atoms in total. The molecule has 142 valence electrons. The first-order chi connectivity index (χ1) is 12.8. The van der Waals surface area contributed by atoms with Crippen molar-refractivity contribution >= 4 is 19.0 Å². The van der Waals surface area contributed by atoms with Crippen LogP contribution in [0.25, 0.3) is 0 Å². The third kappa shape index (κ3) is 5.30. The standard InChI is InChI=1S/C18H21BN2O6/c1-20-10-11-4-2-6-13(8-11)17(23)21-15(19(26)27)9-12-5-3-7-14(16(12)22)18(24)25/h2-8,15,20,22,26-27H,9-10H2,1H3,(H,21,23)(H,24,25). The third-order valence-corrected chi connectivity index (χ3v) is 4.04. The van der Waals surface area contributed by atoms with Crippen molar-refractivity contribution in [3.63, 3.8) is 0 Å². The zero-order valence-corrected chi connectivity index (χ0v) is 14.7. The molecule has 2 rings (SSSR count). The van der Waals surface area contributed by atoms with Crippen LogP contribution in [-0.4, -0.2) is 52.2 Å². The fourth-order valence-corrected chi connectivity index (χ4v) is 2.67. The van der Waals surface area contributed by atoms with Gasteiger partial charge >= 0.3 is 13.1 Å². The first-order valence-corrected chi connectivity index (χ1v) is 8.28. The van der Waals surface area contributed by atoms with E-state index in [4.69, 9.17) is 5.11 Å². The predicted octanol–water partition coefficient (Wildman–Crippen LogP) is 0.163.